The average molecular weight is 275 g/mol. The van der Waals surface area contributed by atoms with E-state index in [0.29, 0.717) is 0 Å². The lowest BCUT2D eigenvalue weighted by atomic mass is 10.1. The molecule has 0 bridgehead atoms. The number of carbonyl (C=O) groups excluding carboxylic acids is 1. The molecule has 0 aliphatic carbocycles. The zero-order chi connectivity index (χ0) is 14.5. The highest BCUT2D eigenvalue weighted by Gasteiger charge is 2.35. The molecule has 1 rings (SSSR count). The molecule has 0 saturated carbocycles. The zero-order valence-electron chi connectivity index (χ0n) is 10.3. The van der Waals surface area contributed by atoms with Crippen LogP contribution in [0.25, 0.3) is 6.08 Å². The molecule has 104 valence electrons. The molecule has 0 spiro atoms. The topological polar surface area (TPSA) is 48.4 Å². The van der Waals surface area contributed by atoms with Crippen molar-refractivity contribution in [1.29, 1.82) is 0 Å². The molecule has 0 N–H and O–H groups in total. The van der Waals surface area contributed by atoms with E-state index in [0.717, 1.165) is 13.2 Å². The molecular formula is C12H12F3NO3. The lowest BCUT2D eigenvalue weighted by molar-refractivity contribution is -0.140. The third-order valence-electron chi connectivity index (χ3n) is 2.19. The van der Waals surface area contributed by atoms with Gasteiger partial charge in [-0.25, -0.2) is 4.98 Å². The largest absolute Gasteiger partial charge is 0.481 e. The number of carbonyl (C=O) groups is 1. The van der Waals surface area contributed by atoms with Crippen molar-refractivity contribution in [2.24, 2.45) is 0 Å². The monoisotopic (exact) mass is 275 g/mol. The van der Waals surface area contributed by atoms with Crippen molar-refractivity contribution in [1.82, 2.24) is 4.98 Å². The van der Waals surface area contributed by atoms with Crippen LogP contribution >= 0.6 is 0 Å². The molecule has 19 heavy (non-hydrogen) atoms. The molecule has 1 aromatic heterocycles. The molecule has 0 radical (unpaired) electrons. The number of nitrogens with zero attached hydrogens (tertiary/aromatic N) is 1. The summed E-state index contributed by atoms with van der Waals surface area (Å²) in [5.74, 6) is -0.966. The Labute approximate surface area is 107 Å². The van der Waals surface area contributed by atoms with Crippen LogP contribution < -0.4 is 4.74 Å². The number of pyridine rings is 1. The fourth-order valence-electron chi connectivity index (χ4n) is 1.30. The predicted octanol–water partition coefficient (Wildman–Crippen LogP) is 2.69. The average Bonchev–Trinajstić information content (AvgIpc) is 2.37. The smallest absolute Gasteiger partial charge is 0.421 e. The van der Waals surface area contributed by atoms with Gasteiger partial charge in [-0.15, -0.1) is 0 Å². The Morgan fingerprint density at radius 3 is 2.63 bits per heavy atom. The number of methoxy groups -OCH3 is 2. The Balaban J connectivity index is 2.96. The van der Waals surface area contributed by atoms with Gasteiger partial charge in [-0.05, 0) is 11.6 Å². The lowest BCUT2D eigenvalue weighted by Gasteiger charge is -2.11. The van der Waals surface area contributed by atoms with Crippen LogP contribution in [0, 0.1) is 0 Å². The quantitative estimate of drug-likeness (QED) is 0.793. The van der Waals surface area contributed by atoms with Crippen LogP contribution in [0.2, 0.25) is 0 Å². The van der Waals surface area contributed by atoms with Crippen LogP contribution in [-0.4, -0.2) is 25.2 Å². The summed E-state index contributed by atoms with van der Waals surface area (Å²) in [6.45, 7) is 0. The van der Waals surface area contributed by atoms with Gasteiger partial charge in [0.15, 0.2) is 0 Å². The van der Waals surface area contributed by atoms with Crippen molar-refractivity contribution in [2.75, 3.05) is 14.2 Å². The van der Waals surface area contributed by atoms with E-state index in [2.05, 4.69) is 14.5 Å². The van der Waals surface area contributed by atoms with Gasteiger partial charge in [0.25, 0.3) is 0 Å². The normalized spacial score (nSPS) is 11.6. The first kappa shape index (κ1) is 15.0. The molecule has 0 atom stereocenters. The number of rotatable bonds is 4. The number of ether oxygens (including phenoxy) is 2. The summed E-state index contributed by atoms with van der Waals surface area (Å²) in [6, 6.07) is 0.902. The van der Waals surface area contributed by atoms with Gasteiger partial charge in [0.05, 0.1) is 20.6 Å². The zero-order valence-corrected chi connectivity index (χ0v) is 10.3. The maximum absolute atomic E-state index is 12.7. The van der Waals surface area contributed by atoms with Gasteiger partial charge in [-0.2, -0.15) is 13.2 Å². The SMILES string of the molecule is COC(=O)CC=Cc1cnc(OC)c(C(F)(F)F)c1. The van der Waals surface area contributed by atoms with Crippen molar-refractivity contribution in [3.05, 3.63) is 29.5 Å². The maximum Gasteiger partial charge on any atom is 0.421 e. The Bertz CT molecular complexity index is 484. The number of esters is 1. The summed E-state index contributed by atoms with van der Waals surface area (Å²) in [5.41, 5.74) is -0.743. The lowest BCUT2D eigenvalue weighted by Crippen LogP contribution is -2.09. The van der Waals surface area contributed by atoms with Gasteiger partial charge in [0.1, 0.15) is 5.56 Å². The van der Waals surface area contributed by atoms with Crippen LogP contribution in [0.4, 0.5) is 13.2 Å². The molecule has 4 nitrogen and oxygen atoms in total. The molecular weight excluding hydrogens is 263 g/mol. The van der Waals surface area contributed by atoms with Crippen molar-refractivity contribution >= 4 is 12.0 Å². The molecule has 7 heteroatoms. The van der Waals surface area contributed by atoms with Gasteiger partial charge >= 0.3 is 12.1 Å². The molecule has 0 fully saturated rings. The molecule has 0 aliphatic rings. The number of alkyl halides is 3. The second-order valence-corrected chi connectivity index (χ2v) is 3.51. The number of hydrogen-bond acceptors (Lipinski definition) is 4. The van der Waals surface area contributed by atoms with Gasteiger partial charge in [0, 0.05) is 6.20 Å². The summed E-state index contributed by atoms with van der Waals surface area (Å²) >= 11 is 0. The summed E-state index contributed by atoms with van der Waals surface area (Å²) in [6.07, 6.45) is -0.593. The van der Waals surface area contributed by atoms with E-state index in [1.54, 1.807) is 0 Å². The summed E-state index contributed by atoms with van der Waals surface area (Å²) in [4.78, 5) is 14.4. The number of aromatic nitrogens is 1. The number of halogens is 3. The first-order valence-corrected chi connectivity index (χ1v) is 5.23. The summed E-state index contributed by atoms with van der Waals surface area (Å²) in [5, 5.41) is 0. The maximum atomic E-state index is 12.7. The molecule has 0 unspecified atom stereocenters. The van der Waals surface area contributed by atoms with Crippen LogP contribution in [0.15, 0.2) is 18.3 Å². The Morgan fingerprint density at radius 1 is 1.42 bits per heavy atom. The third kappa shape index (κ3) is 4.27. The summed E-state index contributed by atoms with van der Waals surface area (Å²) < 4.78 is 47.1. The minimum atomic E-state index is -4.55. The van der Waals surface area contributed by atoms with Gasteiger partial charge in [0.2, 0.25) is 5.88 Å². The third-order valence-corrected chi connectivity index (χ3v) is 2.19. The molecule has 1 heterocycles. The van der Waals surface area contributed by atoms with E-state index in [4.69, 9.17) is 0 Å². The van der Waals surface area contributed by atoms with E-state index < -0.39 is 23.6 Å². The van der Waals surface area contributed by atoms with E-state index >= 15 is 0 Å². The Kier molecular flexibility index (Phi) is 4.91. The van der Waals surface area contributed by atoms with E-state index in [1.807, 2.05) is 0 Å². The molecule has 1 aromatic rings. The Hall–Kier alpha value is -2.05. The molecule has 0 amide bonds. The van der Waals surface area contributed by atoms with E-state index in [-0.39, 0.29) is 12.0 Å². The van der Waals surface area contributed by atoms with Crippen LogP contribution in [0.5, 0.6) is 5.88 Å². The Morgan fingerprint density at radius 2 is 2.11 bits per heavy atom. The molecule has 0 aromatic carbocycles. The van der Waals surface area contributed by atoms with E-state index in [9.17, 15) is 18.0 Å². The van der Waals surface area contributed by atoms with Crippen molar-refractivity contribution in [3.8, 4) is 5.88 Å². The van der Waals surface area contributed by atoms with Gasteiger partial charge in [-0.3, -0.25) is 4.79 Å². The van der Waals surface area contributed by atoms with E-state index in [1.165, 1.54) is 25.5 Å². The van der Waals surface area contributed by atoms with Crippen molar-refractivity contribution in [3.63, 3.8) is 0 Å². The minimum Gasteiger partial charge on any atom is -0.481 e. The van der Waals surface area contributed by atoms with Crippen LogP contribution in [0.3, 0.4) is 0 Å². The molecule has 0 aliphatic heterocycles. The first-order chi connectivity index (χ1) is 8.88. The highest BCUT2D eigenvalue weighted by Crippen LogP contribution is 2.35. The first-order valence-electron chi connectivity index (χ1n) is 5.23. The second-order valence-electron chi connectivity index (χ2n) is 3.51. The predicted molar refractivity (Wildman–Crippen MR) is 61.5 cm³/mol. The molecule has 0 saturated heterocycles. The summed E-state index contributed by atoms with van der Waals surface area (Å²) in [7, 11) is 2.34. The fourth-order valence-corrected chi connectivity index (χ4v) is 1.30. The second kappa shape index (κ2) is 6.21. The van der Waals surface area contributed by atoms with Crippen molar-refractivity contribution in [2.45, 2.75) is 12.6 Å². The van der Waals surface area contributed by atoms with Crippen LogP contribution in [0.1, 0.15) is 17.5 Å². The number of hydrogen-bond donors (Lipinski definition) is 0. The highest BCUT2D eigenvalue weighted by atomic mass is 19.4. The van der Waals surface area contributed by atoms with Crippen molar-refractivity contribution < 1.29 is 27.4 Å². The minimum absolute atomic E-state index is 0.0239. The van der Waals surface area contributed by atoms with Gasteiger partial charge in [-0.1, -0.05) is 12.2 Å². The van der Waals surface area contributed by atoms with Gasteiger partial charge < -0.3 is 9.47 Å². The van der Waals surface area contributed by atoms with Crippen LogP contribution in [-0.2, 0) is 15.7 Å². The standard InChI is InChI=1S/C12H12F3NO3/c1-18-10(17)5-3-4-8-6-9(12(13,14)15)11(19-2)16-7-8/h3-4,6-7H,5H2,1-2H3. The fraction of sp³-hybridized carbons (Fsp3) is 0.333. The highest BCUT2D eigenvalue weighted by molar-refractivity contribution is 5.72.